The topological polar surface area (TPSA) is 38.3 Å². The molecular weight excluding hydrogens is 286 g/mol. The summed E-state index contributed by atoms with van der Waals surface area (Å²) < 4.78 is 5.89. The van der Waals surface area contributed by atoms with Crippen molar-refractivity contribution in [1.82, 2.24) is 0 Å². The highest BCUT2D eigenvalue weighted by Gasteiger charge is 2.18. The number of hydrogen-bond donors (Lipinski definition) is 1. The van der Waals surface area contributed by atoms with E-state index in [0.717, 1.165) is 16.5 Å². The van der Waals surface area contributed by atoms with Crippen LogP contribution in [-0.4, -0.2) is 12.0 Å². The molecular formula is C20H19NO2. The van der Waals surface area contributed by atoms with Crippen molar-refractivity contribution in [3.63, 3.8) is 0 Å². The van der Waals surface area contributed by atoms with Gasteiger partial charge in [-0.2, -0.15) is 0 Å². The Morgan fingerprint density at radius 2 is 1.65 bits per heavy atom. The Labute approximate surface area is 135 Å². The maximum atomic E-state index is 12.4. The van der Waals surface area contributed by atoms with Crippen LogP contribution in [0.25, 0.3) is 10.8 Å². The van der Waals surface area contributed by atoms with Crippen LogP contribution in [0.3, 0.4) is 0 Å². The van der Waals surface area contributed by atoms with Gasteiger partial charge in [-0.25, -0.2) is 0 Å². The second kappa shape index (κ2) is 6.97. The average Bonchev–Trinajstić information content (AvgIpc) is 2.60. The molecule has 3 rings (SSSR count). The van der Waals surface area contributed by atoms with Gasteiger partial charge in [0.25, 0.3) is 5.91 Å². The van der Waals surface area contributed by atoms with Crippen LogP contribution in [-0.2, 0) is 4.79 Å². The summed E-state index contributed by atoms with van der Waals surface area (Å²) in [4.78, 5) is 12.4. The minimum absolute atomic E-state index is 0.133. The predicted octanol–water partition coefficient (Wildman–Crippen LogP) is 4.64. The van der Waals surface area contributed by atoms with Gasteiger partial charge in [-0.1, -0.05) is 55.5 Å². The number of nitrogens with one attached hydrogen (secondary N) is 1. The van der Waals surface area contributed by atoms with Crippen LogP contribution in [0.1, 0.15) is 13.3 Å². The van der Waals surface area contributed by atoms with Crippen LogP contribution >= 0.6 is 0 Å². The molecule has 0 aliphatic carbocycles. The first kappa shape index (κ1) is 15.1. The van der Waals surface area contributed by atoms with Crippen molar-refractivity contribution >= 4 is 22.4 Å². The van der Waals surface area contributed by atoms with Crippen LogP contribution in [0.15, 0.2) is 72.8 Å². The van der Waals surface area contributed by atoms with E-state index in [9.17, 15) is 4.79 Å². The number of benzene rings is 3. The lowest BCUT2D eigenvalue weighted by molar-refractivity contribution is -0.122. The number of ether oxygens (including phenoxy) is 1. The van der Waals surface area contributed by atoms with Crippen LogP contribution in [0.4, 0.5) is 5.69 Å². The third-order valence-corrected chi connectivity index (χ3v) is 3.70. The van der Waals surface area contributed by atoms with Gasteiger partial charge in [0.15, 0.2) is 6.10 Å². The van der Waals surface area contributed by atoms with Gasteiger partial charge in [0.1, 0.15) is 5.75 Å². The lowest BCUT2D eigenvalue weighted by Crippen LogP contribution is -2.32. The van der Waals surface area contributed by atoms with E-state index in [1.54, 1.807) is 0 Å². The van der Waals surface area contributed by atoms with Gasteiger partial charge in [-0.15, -0.1) is 0 Å². The van der Waals surface area contributed by atoms with Crippen LogP contribution in [0.2, 0.25) is 0 Å². The van der Waals surface area contributed by atoms with Crippen molar-refractivity contribution in [2.24, 2.45) is 0 Å². The number of amides is 1. The van der Waals surface area contributed by atoms with Gasteiger partial charge in [0.05, 0.1) is 0 Å². The minimum Gasteiger partial charge on any atom is -0.481 e. The number of rotatable bonds is 5. The smallest absolute Gasteiger partial charge is 0.265 e. The second-order valence-corrected chi connectivity index (χ2v) is 5.38. The molecule has 0 aromatic heterocycles. The summed E-state index contributed by atoms with van der Waals surface area (Å²) in [6.07, 6.45) is 0.0854. The summed E-state index contributed by atoms with van der Waals surface area (Å²) in [7, 11) is 0. The summed E-state index contributed by atoms with van der Waals surface area (Å²) in [6.45, 7) is 1.94. The van der Waals surface area contributed by atoms with Crippen molar-refractivity contribution in [2.45, 2.75) is 19.4 Å². The molecule has 0 spiro atoms. The summed E-state index contributed by atoms with van der Waals surface area (Å²) in [5, 5.41) is 5.14. The molecule has 23 heavy (non-hydrogen) atoms. The SMILES string of the molecule is CC[C@@H](Oc1ccc2ccccc2c1)C(=O)Nc1ccccc1. The van der Waals surface area contributed by atoms with Crippen LogP contribution < -0.4 is 10.1 Å². The number of hydrogen-bond acceptors (Lipinski definition) is 2. The van der Waals surface area contributed by atoms with E-state index >= 15 is 0 Å². The van der Waals surface area contributed by atoms with Crippen LogP contribution in [0, 0.1) is 0 Å². The quantitative estimate of drug-likeness (QED) is 0.746. The van der Waals surface area contributed by atoms with Gasteiger partial charge in [0.2, 0.25) is 0 Å². The number of carbonyl (C=O) groups excluding carboxylic acids is 1. The Kier molecular flexibility index (Phi) is 4.57. The molecule has 3 heteroatoms. The molecule has 1 atom stereocenters. The first-order valence-corrected chi connectivity index (χ1v) is 7.77. The van der Waals surface area contributed by atoms with Crippen LogP contribution in [0.5, 0.6) is 5.75 Å². The van der Waals surface area contributed by atoms with E-state index in [-0.39, 0.29) is 5.91 Å². The van der Waals surface area contributed by atoms with Crippen molar-refractivity contribution in [2.75, 3.05) is 5.32 Å². The summed E-state index contributed by atoms with van der Waals surface area (Å²) in [5.74, 6) is 0.575. The standard InChI is InChI=1S/C20H19NO2/c1-2-19(20(22)21-17-10-4-3-5-11-17)23-18-13-12-15-8-6-7-9-16(15)14-18/h3-14,19H,2H2,1H3,(H,21,22)/t19-/m1/s1. The number of anilines is 1. The van der Waals surface area contributed by atoms with E-state index in [1.165, 1.54) is 0 Å². The van der Waals surface area contributed by atoms with E-state index < -0.39 is 6.10 Å². The summed E-state index contributed by atoms with van der Waals surface area (Å²) in [6, 6.07) is 23.4. The van der Waals surface area contributed by atoms with Gasteiger partial charge >= 0.3 is 0 Å². The monoisotopic (exact) mass is 305 g/mol. The van der Waals surface area contributed by atoms with Crippen molar-refractivity contribution in [3.05, 3.63) is 72.8 Å². The highest BCUT2D eigenvalue weighted by atomic mass is 16.5. The zero-order chi connectivity index (χ0) is 16.1. The first-order chi connectivity index (χ1) is 11.3. The third kappa shape index (κ3) is 3.69. The molecule has 0 radical (unpaired) electrons. The molecule has 3 nitrogen and oxygen atoms in total. The maximum Gasteiger partial charge on any atom is 0.265 e. The number of carbonyl (C=O) groups is 1. The average molecular weight is 305 g/mol. The fourth-order valence-corrected chi connectivity index (χ4v) is 2.47. The molecule has 1 N–H and O–H groups in total. The molecule has 0 saturated heterocycles. The number of para-hydroxylation sites is 1. The first-order valence-electron chi connectivity index (χ1n) is 7.77. The molecule has 0 aliphatic heterocycles. The Morgan fingerprint density at radius 3 is 2.39 bits per heavy atom. The van der Waals surface area contributed by atoms with E-state index in [0.29, 0.717) is 12.2 Å². The Bertz CT molecular complexity index is 799. The number of fused-ring (bicyclic) bond motifs is 1. The highest BCUT2D eigenvalue weighted by Crippen LogP contribution is 2.22. The minimum atomic E-state index is -0.517. The molecule has 0 heterocycles. The van der Waals surface area contributed by atoms with E-state index in [1.807, 2.05) is 73.7 Å². The predicted molar refractivity (Wildman–Crippen MR) is 93.7 cm³/mol. The molecule has 0 saturated carbocycles. The fraction of sp³-hybridized carbons (Fsp3) is 0.150. The van der Waals surface area contributed by atoms with Gasteiger partial charge in [-0.3, -0.25) is 4.79 Å². The Balaban J connectivity index is 1.73. The second-order valence-electron chi connectivity index (χ2n) is 5.38. The fourth-order valence-electron chi connectivity index (χ4n) is 2.47. The largest absolute Gasteiger partial charge is 0.481 e. The van der Waals surface area contributed by atoms with Crippen molar-refractivity contribution in [3.8, 4) is 5.75 Å². The van der Waals surface area contributed by atoms with E-state index in [2.05, 4.69) is 11.4 Å². The molecule has 116 valence electrons. The van der Waals surface area contributed by atoms with Crippen molar-refractivity contribution < 1.29 is 9.53 Å². The lowest BCUT2D eigenvalue weighted by atomic mass is 10.1. The molecule has 1 amide bonds. The molecule has 0 bridgehead atoms. The zero-order valence-electron chi connectivity index (χ0n) is 13.0. The molecule has 0 aliphatic rings. The Hall–Kier alpha value is -2.81. The summed E-state index contributed by atoms with van der Waals surface area (Å²) in [5.41, 5.74) is 0.776. The van der Waals surface area contributed by atoms with Gasteiger partial charge in [0, 0.05) is 5.69 Å². The van der Waals surface area contributed by atoms with Gasteiger partial charge < -0.3 is 10.1 Å². The molecule has 0 unspecified atom stereocenters. The molecule has 0 fully saturated rings. The van der Waals surface area contributed by atoms with Crippen molar-refractivity contribution in [1.29, 1.82) is 0 Å². The Morgan fingerprint density at radius 1 is 0.957 bits per heavy atom. The normalized spacial score (nSPS) is 11.9. The van der Waals surface area contributed by atoms with Gasteiger partial charge in [-0.05, 0) is 41.5 Å². The third-order valence-electron chi connectivity index (χ3n) is 3.70. The van der Waals surface area contributed by atoms with E-state index in [4.69, 9.17) is 4.74 Å². The highest BCUT2D eigenvalue weighted by molar-refractivity contribution is 5.94. The lowest BCUT2D eigenvalue weighted by Gasteiger charge is -2.17. The molecule has 3 aromatic carbocycles. The molecule has 3 aromatic rings. The maximum absolute atomic E-state index is 12.4. The zero-order valence-corrected chi connectivity index (χ0v) is 13.0. The summed E-state index contributed by atoms with van der Waals surface area (Å²) >= 11 is 0.